The summed E-state index contributed by atoms with van der Waals surface area (Å²) in [6, 6.07) is 17.1. The molecule has 63 heavy (non-hydrogen) atoms. The molecule has 4 fully saturated rings. The maximum Gasteiger partial charge on any atom is 0.311 e. The zero-order chi connectivity index (χ0) is 45.8. The van der Waals surface area contributed by atoms with Crippen molar-refractivity contribution >= 4 is 35.0 Å². The van der Waals surface area contributed by atoms with Gasteiger partial charge < -0.3 is 48.6 Å². The van der Waals surface area contributed by atoms with E-state index >= 15 is 0 Å². The molecule has 2 aromatic rings. The molecule has 0 aliphatic carbocycles. The topological polar surface area (TPSA) is 181 Å². The number of nitrogens with zero attached hydrogens (tertiary/aromatic N) is 2. The van der Waals surface area contributed by atoms with Crippen molar-refractivity contribution < 1.29 is 57.5 Å². The van der Waals surface area contributed by atoms with E-state index < -0.39 is 96.0 Å². The Labute approximate surface area is 371 Å². The maximum atomic E-state index is 14.6. The van der Waals surface area contributed by atoms with Gasteiger partial charge in [-0.2, -0.15) is 0 Å². The third-order valence-electron chi connectivity index (χ3n) is 13.7. The lowest BCUT2D eigenvalue weighted by molar-refractivity contribution is -0.302. The van der Waals surface area contributed by atoms with E-state index in [0.717, 1.165) is 11.1 Å². The number of Topliss-reactive ketones (excluding diaryl/α,β-unsaturated/α-hetero) is 1. The molecule has 0 saturated carbocycles. The number of esters is 2. The minimum Gasteiger partial charge on any atom is -0.458 e. The quantitative estimate of drug-likeness (QED) is 0.228. The first kappa shape index (κ1) is 48.2. The third kappa shape index (κ3) is 10.8. The van der Waals surface area contributed by atoms with Crippen molar-refractivity contribution in [1.82, 2.24) is 4.90 Å². The number of aliphatic hydroxyl groups excluding tert-OH is 1. The molecule has 1 amide bonds. The second-order valence-corrected chi connectivity index (χ2v) is 18.7. The zero-order valence-electron chi connectivity index (χ0n) is 38.4. The Balaban J connectivity index is 1.32. The fourth-order valence-electron chi connectivity index (χ4n) is 10.2. The summed E-state index contributed by atoms with van der Waals surface area (Å²) in [4.78, 5) is 62.5. The van der Waals surface area contributed by atoms with Crippen molar-refractivity contribution in [3.63, 3.8) is 0 Å². The first-order valence-corrected chi connectivity index (χ1v) is 22.3. The van der Waals surface area contributed by atoms with Crippen LogP contribution in [0.15, 0.2) is 59.8 Å². The number of carbonyl (C=O) groups excluding carboxylic acids is 4. The summed E-state index contributed by atoms with van der Waals surface area (Å²) in [5.41, 5.74) is 0.395. The van der Waals surface area contributed by atoms with E-state index in [1.165, 1.54) is 0 Å². The van der Waals surface area contributed by atoms with Crippen LogP contribution in [0.3, 0.4) is 0 Å². The molecule has 2 N–H and O–H groups in total. The highest BCUT2D eigenvalue weighted by atomic mass is 16.7. The molecule has 0 spiro atoms. The number of rotatable bonds is 9. The molecular weight excluding hydrogens is 811 g/mol. The van der Waals surface area contributed by atoms with E-state index in [1.807, 2.05) is 108 Å². The summed E-state index contributed by atoms with van der Waals surface area (Å²) in [7, 11) is 3.78. The average molecular weight is 878 g/mol. The van der Waals surface area contributed by atoms with E-state index in [4.69, 9.17) is 33.3 Å². The molecule has 14 atom stereocenters. The van der Waals surface area contributed by atoms with E-state index in [0.29, 0.717) is 18.5 Å². The van der Waals surface area contributed by atoms with Gasteiger partial charge in [0, 0.05) is 35.4 Å². The second kappa shape index (κ2) is 20.3. The molecule has 15 heteroatoms. The number of anilines is 1. The SMILES string of the molecule is CC[C@H]1OC(=O)[C@H](C)[C@H]2OC/C(=N/OCC(=O)Nc3ccc(-c4ccccc4)cc3)CO[C@](C)(C[C@@H](C)C(=O)[C@H](C)[C@@H]3CC(=O)O[C@]13C)[C@H](O[C@@H]1O[C@H](C)C[C@H](N(C)C)[C@H]1O)[C@@H]2C. The van der Waals surface area contributed by atoms with Crippen LogP contribution in [0.5, 0.6) is 0 Å². The molecule has 346 valence electrons. The number of hydrogen-bond donors (Lipinski definition) is 2. The van der Waals surface area contributed by atoms with Crippen LogP contribution >= 0.6 is 0 Å². The van der Waals surface area contributed by atoms with Gasteiger partial charge in [0.2, 0.25) is 0 Å². The number of ketones is 1. The molecule has 0 aromatic heterocycles. The molecule has 6 rings (SSSR count). The van der Waals surface area contributed by atoms with Gasteiger partial charge in [-0.15, -0.1) is 0 Å². The Morgan fingerprint density at radius 1 is 0.952 bits per heavy atom. The number of oxime groups is 1. The van der Waals surface area contributed by atoms with Gasteiger partial charge in [0.05, 0.1) is 49.5 Å². The molecule has 2 aromatic carbocycles. The first-order valence-electron chi connectivity index (χ1n) is 22.3. The smallest absolute Gasteiger partial charge is 0.311 e. The van der Waals surface area contributed by atoms with Crippen molar-refractivity contribution in [3.05, 3.63) is 54.6 Å². The molecule has 0 unspecified atom stereocenters. The molecule has 4 aliphatic heterocycles. The number of aliphatic hydroxyl groups is 1. The predicted octanol–water partition coefficient (Wildman–Crippen LogP) is 5.81. The number of amides is 1. The summed E-state index contributed by atoms with van der Waals surface area (Å²) in [5, 5.41) is 18.8. The van der Waals surface area contributed by atoms with E-state index in [2.05, 4.69) is 10.5 Å². The number of benzene rings is 2. The van der Waals surface area contributed by atoms with Gasteiger partial charge in [-0.05, 0) is 84.3 Å². The van der Waals surface area contributed by atoms with Crippen molar-refractivity contribution in [2.24, 2.45) is 34.7 Å². The summed E-state index contributed by atoms with van der Waals surface area (Å²) in [6.07, 6.45) is -4.04. The van der Waals surface area contributed by atoms with Gasteiger partial charge in [0.1, 0.15) is 29.3 Å². The number of carbonyl (C=O) groups is 4. The van der Waals surface area contributed by atoms with Crippen LogP contribution in [0.2, 0.25) is 0 Å². The van der Waals surface area contributed by atoms with Crippen molar-refractivity contribution in [3.8, 4) is 11.1 Å². The summed E-state index contributed by atoms with van der Waals surface area (Å²) < 4.78 is 38.9. The Hall–Kier alpha value is -4.25. The van der Waals surface area contributed by atoms with Gasteiger partial charge in [0.25, 0.3) is 5.91 Å². The lowest BCUT2D eigenvalue weighted by atomic mass is 9.70. The summed E-state index contributed by atoms with van der Waals surface area (Å²) in [6.45, 7) is 13.9. The highest BCUT2D eigenvalue weighted by Crippen LogP contribution is 2.46. The van der Waals surface area contributed by atoms with Crippen molar-refractivity contribution in [2.45, 2.75) is 135 Å². The normalized spacial score (nSPS) is 37.5. The lowest BCUT2D eigenvalue weighted by Crippen LogP contribution is -2.60. The molecule has 2 bridgehead atoms. The van der Waals surface area contributed by atoms with Crippen LogP contribution in [0.25, 0.3) is 11.1 Å². The molecule has 4 heterocycles. The van der Waals surface area contributed by atoms with Crippen LogP contribution in [-0.2, 0) is 52.4 Å². The van der Waals surface area contributed by atoms with Gasteiger partial charge in [-0.25, -0.2) is 0 Å². The number of fused-ring (bicyclic) bond motifs is 4. The summed E-state index contributed by atoms with van der Waals surface area (Å²) >= 11 is 0. The summed E-state index contributed by atoms with van der Waals surface area (Å²) in [5.74, 6) is -4.98. The molecule has 4 aliphatic rings. The third-order valence-corrected chi connectivity index (χ3v) is 13.7. The second-order valence-electron chi connectivity index (χ2n) is 18.7. The Bertz CT molecular complexity index is 1950. The van der Waals surface area contributed by atoms with Crippen molar-refractivity contribution in [2.75, 3.05) is 39.2 Å². The first-order chi connectivity index (χ1) is 29.8. The van der Waals surface area contributed by atoms with E-state index in [1.54, 1.807) is 20.8 Å². The minimum atomic E-state index is -1.30. The molecule has 15 nitrogen and oxygen atoms in total. The largest absolute Gasteiger partial charge is 0.458 e. The van der Waals surface area contributed by atoms with Gasteiger partial charge in [0.15, 0.2) is 12.9 Å². The minimum absolute atomic E-state index is 0.00250. The fourth-order valence-corrected chi connectivity index (χ4v) is 10.2. The number of cyclic esters (lactones) is 1. The average Bonchev–Trinajstić information content (AvgIpc) is 3.58. The Kier molecular flexibility index (Phi) is 15.5. The monoisotopic (exact) mass is 877 g/mol. The zero-order valence-corrected chi connectivity index (χ0v) is 38.4. The van der Waals surface area contributed by atoms with Crippen LogP contribution in [0.4, 0.5) is 5.69 Å². The van der Waals surface area contributed by atoms with Crippen LogP contribution < -0.4 is 5.32 Å². The highest BCUT2D eigenvalue weighted by Gasteiger charge is 2.57. The van der Waals surface area contributed by atoms with E-state index in [-0.39, 0.29) is 49.7 Å². The Morgan fingerprint density at radius 3 is 2.30 bits per heavy atom. The van der Waals surface area contributed by atoms with Crippen molar-refractivity contribution in [1.29, 1.82) is 0 Å². The lowest BCUT2D eigenvalue weighted by Gasteiger charge is -2.48. The predicted molar refractivity (Wildman–Crippen MR) is 234 cm³/mol. The van der Waals surface area contributed by atoms with E-state index in [9.17, 15) is 24.3 Å². The molecular formula is C48H67N3O12. The Morgan fingerprint density at radius 2 is 1.63 bits per heavy atom. The van der Waals surface area contributed by atoms with Crippen LogP contribution in [-0.4, -0.2) is 127 Å². The van der Waals surface area contributed by atoms with Gasteiger partial charge in [-0.3, -0.25) is 19.2 Å². The number of ether oxygens (including phenoxy) is 6. The molecule has 0 radical (unpaired) electrons. The number of likely N-dealkylation sites (N-methyl/N-ethyl adjacent to an activating group) is 1. The van der Waals surface area contributed by atoms with Gasteiger partial charge in [-0.1, -0.05) is 75.3 Å². The number of nitrogens with one attached hydrogen (secondary N) is 1. The maximum absolute atomic E-state index is 14.6. The standard InChI is InChI=1S/C48H67N3O12/c1-11-38-48(8)36(22-40(53)63-48)29(4)41(54)27(2)23-47(7)44(62-46-42(55)37(51(9)10)21-28(3)60-46)30(5)43(31(6)45(56)61-38)57-24-35(25-58-47)50-59-26-39(52)49-34-19-17-33(18-20-34)32-15-13-12-14-16-32/h12-20,27-31,36-38,42-44,46,55H,11,21-26H2,1-10H3,(H,49,52)/b50-35-/t27-,28-,29-,30-,31-,36+,37+,38-,42-,43+,44-,46+,47-,48+/m1/s1. The number of hydrogen-bond acceptors (Lipinski definition) is 14. The van der Waals surface area contributed by atoms with Crippen LogP contribution in [0, 0.1) is 29.6 Å². The van der Waals surface area contributed by atoms with Crippen LogP contribution in [0.1, 0.15) is 81.1 Å². The van der Waals surface area contributed by atoms with Gasteiger partial charge >= 0.3 is 11.9 Å². The molecule has 4 saturated heterocycles. The highest BCUT2D eigenvalue weighted by molar-refractivity contribution is 5.92. The fraction of sp³-hybridized carbons (Fsp3) is 0.646.